The van der Waals surface area contributed by atoms with Crippen molar-refractivity contribution >= 4 is 11.8 Å². The van der Waals surface area contributed by atoms with E-state index in [-0.39, 0.29) is 11.8 Å². The first-order chi connectivity index (χ1) is 8.02. The van der Waals surface area contributed by atoms with Crippen molar-refractivity contribution in [2.75, 3.05) is 13.1 Å². The lowest BCUT2D eigenvalue weighted by molar-refractivity contribution is -0.127. The summed E-state index contributed by atoms with van der Waals surface area (Å²) in [4.78, 5) is 25.5. The van der Waals surface area contributed by atoms with Crippen LogP contribution in [0.4, 0.5) is 0 Å². The summed E-state index contributed by atoms with van der Waals surface area (Å²) < 4.78 is 1.85. The minimum Gasteiger partial charge on any atom is -0.353 e. The first kappa shape index (κ1) is 11.7. The first-order valence-electron chi connectivity index (χ1n) is 5.73. The number of aromatic nitrogens is 1. The predicted octanol–water partition coefficient (Wildman–Crippen LogP) is 0.294. The summed E-state index contributed by atoms with van der Waals surface area (Å²) in [7, 11) is 1.86. The van der Waals surface area contributed by atoms with Crippen LogP contribution in [0.3, 0.4) is 0 Å². The third-order valence-electron chi connectivity index (χ3n) is 3.35. The second kappa shape index (κ2) is 4.24. The van der Waals surface area contributed by atoms with Crippen LogP contribution in [0.15, 0.2) is 12.1 Å². The van der Waals surface area contributed by atoms with Crippen molar-refractivity contribution in [1.29, 1.82) is 0 Å². The van der Waals surface area contributed by atoms with Gasteiger partial charge in [0.2, 0.25) is 5.91 Å². The normalized spacial score (nSPS) is 20.3. The topological polar surface area (TPSA) is 54.3 Å². The maximum absolute atomic E-state index is 12.3. The molecule has 0 bridgehead atoms. The van der Waals surface area contributed by atoms with Gasteiger partial charge in [0.1, 0.15) is 11.7 Å². The van der Waals surface area contributed by atoms with Crippen molar-refractivity contribution in [3.63, 3.8) is 0 Å². The molecule has 0 aliphatic carbocycles. The average molecular weight is 235 g/mol. The molecule has 0 spiro atoms. The van der Waals surface area contributed by atoms with Crippen LogP contribution in [0.1, 0.15) is 23.1 Å². The van der Waals surface area contributed by atoms with E-state index in [0.29, 0.717) is 18.8 Å². The van der Waals surface area contributed by atoms with Gasteiger partial charge in [0.25, 0.3) is 5.91 Å². The summed E-state index contributed by atoms with van der Waals surface area (Å²) >= 11 is 0. The van der Waals surface area contributed by atoms with Crippen molar-refractivity contribution < 1.29 is 9.59 Å². The van der Waals surface area contributed by atoms with Gasteiger partial charge < -0.3 is 14.8 Å². The van der Waals surface area contributed by atoms with Gasteiger partial charge in [-0.25, -0.2) is 0 Å². The molecule has 1 aromatic rings. The maximum atomic E-state index is 12.3. The van der Waals surface area contributed by atoms with Crippen LogP contribution in [0, 0.1) is 6.92 Å². The Morgan fingerprint density at radius 1 is 1.47 bits per heavy atom. The van der Waals surface area contributed by atoms with Gasteiger partial charge in [0.05, 0.1) is 0 Å². The number of amides is 2. The predicted molar refractivity (Wildman–Crippen MR) is 63.7 cm³/mol. The molecule has 1 atom stereocenters. The van der Waals surface area contributed by atoms with E-state index in [2.05, 4.69) is 5.32 Å². The molecule has 2 rings (SSSR count). The SMILES string of the molecule is Cc1ccc(C(=O)N2CCNC(=O)C2C)n1C. The van der Waals surface area contributed by atoms with Crippen LogP contribution >= 0.6 is 0 Å². The number of nitrogens with one attached hydrogen (secondary N) is 1. The highest BCUT2D eigenvalue weighted by Crippen LogP contribution is 2.13. The van der Waals surface area contributed by atoms with E-state index in [4.69, 9.17) is 0 Å². The van der Waals surface area contributed by atoms with Gasteiger partial charge >= 0.3 is 0 Å². The molecule has 0 saturated carbocycles. The Balaban J connectivity index is 2.25. The number of hydrogen-bond donors (Lipinski definition) is 1. The summed E-state index contributed by atoms with van der Waals surface area (Å²) in [6.45, 7) is 4.79. The van der Waals surface area contributed by atoms with Crippen LogP contribution in [0.25, 0.3) is 0 Å². The smallest absolute Gasteiger partial charge is 0.271 e. The van der Waals surface area contributed by atoms with Crippen molar-refractivity contribution in [1.82, 2.24) is 14.8 Å². The Kier molecular flexibility index (Phi) is 2.92. The van der Waals surface area contributed by atoms with E-state index in [9.17, 15) is 9.59 Å². The minimum atomic E-state index is -0.397. The summed E-state index contributed by atoms with van der Waals surface area (Å²) in [6, 6.07) is 3.31. The number of aryl methyl sites for hydroxylation is 1. The second-order valence-electron chi connectivity index (χ2n) is 4.38. The molecule has 2 heterocycles. The largest absolute Gasteiger partial charge is 0.353 e. The van der Waals surface area contributed by atoms with Crippen molar-refractivity contribution in [2.24, 2.45) is 7.05 Å². The molecule has 1 N–H and O–H groups in total. The van der Waals surface area contributed by atoms with Gasteiger partial charge in [-0.15, -0.1) is 0 Å². The van der Waals surface area contributed by atoms with Crippen LogP contribution in [0.2, 0.25) is 0 Å². The molecule has 1 aliphatic heterocycles. The third-order valence-corrected chi connectivity index (χ3v) is 3.35. The molecular weight excluding hydrogens is 218 g/mol. The van der Waals surface area contributed by atoms with Crippen LogP contribution < -0.4 is 5.32 Å². The van der Waals surface area contributed by atoms with Crippen molar-refractivity contribution in [3.05, 3.63) is 23.5 Å². The molecule has 5 heteroatoms. The van der Waals surface area contributed by atoms with E-state index >= 15 is 0 Å². The van der Waals surface area contributed by atoms with Gasteiger partial charge in [0.15, 0.2) is 0 Å². The molecule has 1 unspecified atom stereocenters. The summed E-state index contributed by atoms with van der Waals surface area (Å²) in [5.74, 6) is -0.168. The first-order valence-corrected chi connectivity index (χ1v) is 5.73. The molecule has 2 amide bonds. The van der Waals surface area contributed by atoms with E-state index in [1.165, 1.54) is 0 Å². The molecule has 5 nitrogen and oxygen atoms in total. The highest BCUT2D eigenvalue weighted by atomic mass is 16.2. The molecule has 0 aromatic carbocycles. The quantitative estimate of drug-likeness (QED) is 0.761. The Morgan fingerprint density at radius 2 is 2.18 bits per heavy atom. The lowest BCUT2D eigenvalue weighted by Gasteiger charge is -2.32. The molecule has 1 saturated heterocycles. The van der Waals surface area contributed by atoms with Gasteiger partial charge in [-0.05, 0) is 26.0 Å². The van der Waals surface area contributed by atoms with Crippen molar-refractivity contribution in [3.8, 4) is 0 Å². The third kappa shape index (κ3) is 1.92. The van der Waals surface area contributed by atoms with Gasteiger partial charge in [-0.3, -0.25) is 9.59 Å². The Morgan fingerprint density at radius 3 is 2.76 bits per heavy atom. The number of piperazine rings is 1. The molecule has 92 valence electrons. The fraction of sp³-hybridized carbons (Fsp3) is 0.500. The summed E-state index contributed by atoms with van der Waals surface area (Å²) in [6.07, 6.45) is 0. The molecule has 0 radical (unpaired) electrons. The fourth-order valence-corrected chi connectivity index (χ4v) is 2.03. The number of nitrogens with zero attached hydrogens (tertiary/aromatic N) is 2. The molecule has 1 aliphatic rings. The van der Waals surface area contributed by atoms with E-state index < -0.39 is 6.04 Å². The Bertz CT molecular complexity index is 464. The van der Waals surface area contributed by atoms with Gasteiger partial charge in [0, 0.05) is 25.8 Å². The highest BCUT2D eigenvalue weighted by molar-refractivity contribution is 5.97. The van der Waals surface area contributed by atoms with E-state index in [1.54, 1.807) is 17.9 Å². The lowest BCUT2D eigenvalue weighted by atomic mass is 10.2. The number of carbonyl (C=O) groups is 2. The van der Waals surface area contributed by atoms with Gasteiger partial charge in [-0.2, -0.15) is 0 Å². The standard InChI is InChI=1S/C12H17N3O2/c1-8-4-5-10(14(8)3)12(17)15-7-6-13-11(16)9(15)2/h4-5,9H,6-7H2,1-3H3,(H,13,16). The zero-order chi connectivity index (χ0) is 12.6. The summed E-state index contributed by atoms with van der Waals surface area (Å²) in [5, 5.41) is 2.75. The van der Waals surface area contributed by atoms with E-state index in [0.717, 1.165) is 5.69 Å². The monoisotopic (exact) mass is 235 g/mol. The van der Waals surface area contributed by atoms with Crippen LogP contribution in [-0.4, -0.2) is 40.4 Å². The number of hydrogen-bond acceptors (Lipinski definition) is 2. The Labute approximate surface area is 100 Å². The maximum Gasteiger partial charge on any atom is 0.271 e. The Hall–Kier alpha value is -1.78. The van der Waals surface area contributed by atoms with Crippen LogP contribution in [-0.2, 0) is 11.8 Å². The molecule has 17 heavy (non-hydrogen) atoms. The van der Waals surface area contributed by atoms with Crippen LogP contribution in [0.5, 0.6) is 0 Å². The molecule has 1 fully saturated rings. The molecule has 1 aromatic heterocycles. The zero-order valence-electron chi connectivity index (χ0n) is 10.4. The number of carbonyl (C=O) groups excluding carboxylic acids is 2. The van der Waals surface area contributed by atoms with Gasteiger partial charge in [-0.1, -0.05) is 0 Å². The zero-order valence-corrected chi connectivity index (χ0v) is 10.4. The minimum absolute atomic E-state index is 0.0806. The van der Waals surface area contributed by atoms with Crippen molar-refractivity contribution in [2.45, 2.75) is 19.9 Å². The number of rotatable bonds is 1. The fourth-order valence-electron chi connectivity index (χ4n) is 2.03. The summed E-state index contributed by atoms with van der Waals surface area (Å²) in [5.41, 5.74) is 1.66. The molecular formula is C12H17N3O2. The van der Waals surface area contributed by atoms with E-state index in [1.807, 2.05) is 24.6 Å². The second-order valence-corrected chi connectivity index (χ2v) is 4.38. The highest BCUT2D eigenvalue weighted by Gasteiger charge is 2.30. The average Bonchev–Trinajstić information content (AvgIpc) is 2.63. The lowest BCUT2D eigenvalue weighted by Crippen LogP contribution is -2.56.